The molecule has 0 saturated carbocycles. The van der Waals surface area contributed by atoms with Crippen molar-refractivity contribution in [3.63, 3.8) is 0 Å². The van der Waals surface area contributed by atoms with Crippen molar-refractivity contribution >= 4 is 5.97 Å². The second-order valence-electron chi connectivity index (χ2n) is 3.69. The van der Waals surface area contributed by atoms with Gasteiger partial charge in [0.1, 0.15) is 6.04 Å². The maximum Gasteiger partial charge on any atom is 0.349 e. The quantitative estimate of drug-likeness (QED) is 0.775. The van der Waals surface area contributed by atoms with Gasteiger partial charge in [-0.05, 0) is 24.5 Å². The van der Waals surface area contributed by atoms with E-state index in [2.05, 4.69) is 0 Å². The van der Waals surface area contributed by atoms with Crippen molar-refractivity contribution in [2.45, 2.75) is 26.3 Å². The average molecular weight is 196 g/mol. The fourth-order valence-corrected chi connectivity index (χ4v) is 1.16. The van der Waals surface area contributed by atoms with Gasteiger partial charge < -0.3 is 10.6 Å². The zero-order valence-electron chi connectivity index (χ0n) is 8.51. The van der Waals surface area contributed by atoms with Gasteiger partial charge >= 0.3 is 5.97 Å². The number of nitrogens with zero attached hydrogens (tertiary/aromatic N) is 1. The van der Waals surface area contributed by atoms with Gasteiger partial charge in [0.15, 0.2) is 0 Å². The Balaban J connectivity index is 2.42. The molecule has 0 aliphatic heterocycles. The summed E-state index contributed by atoms with van der Waals surface area (Å²) in [7, 11) is 0. The molecule has 4 nitrogen and oxygen atoms in total. The summed E-state index contributed by atoms with van der Waals surface area (Å²) < 4.78 is 1.35. The molecule has 0 aliphatic rings. The first-order chi connectivity index (χ1) is 6.59. The maximum absolute atomic E-state index is 11.4. The SMILES string of the molecule is CC(C)C[C@H](N)C(=O)On1cccc1. The van der Waals surface area contributed by atoms with E-state index in [9.17, 15) is 4.79 Å². The van der Waals surface area contributed by atoms with E-state index in [0.717, 1.165) is 0 Å². The zero-order valence-corrected chi connectivity index (χ0v) is 8.51. The number of rotatable bonds is 4. The zero-order chi connectivity index (χ0) is 10.6. The van der Waals surface area contributed by atoms with E-state index < -0.39 is 12.0 Å². The van der Waals surface area contributed by atoms with Gasteiger partial charge in [-0.25, -0.2) is 4.79 Å². The first kappa shape index (κ1) is 10.8. The van der Waals surface area contributed by atoms with Crippen LogP contribution in [0.1, 0.15) is 20.3 Å². The third kappa shape index (κ3) is 3.22. The summed E-state index contributed by atoms with van der Waals surface area (Å²) in [4.78, 5) is 16.3. The van der Waals surface area contributed by atoms with E-state index >= 15 is 0 Å². The predicted molar refractivity (Wildman–Crippen MR) is 53.4 cm³/mol. The average Bonchev–Trinajstić information content (AvgIpc) is 2.55. The fourth-order valence-electron chi connectivity index (χ4n) is 1.16. The highest BCUT2D eigenvalue weighted by Gasteiger charge is 2.17. The summed E-state index contributed by atoms with van der Waals surface area (Å²) in [5.41, 5.74) is 5.65. The van der Waals surface area contributed by atoms with Crippen LogP contribution in [0.3, 0.4) is 0 Å². The Morgan fingerprint density at radius 2 is 2.00 bits per heavy atom. The van der Waals surface area contributed by atoms with Crippen LogP contribution in [0.5, 0.6) is 0 Å². The maximum atomic E-state index is 11.4. The normalized spacial score (nSPS) is 12.9. The number of hydrogen-bond acceptors (Lipinski definition) is 3. The summed E-state index contributed by atoms with van der Waals surface area (Å²) in [6.07, 6.45) is 3.94. The molecule has 1 rings (SSSR count). The highest BCUT2D eigenvalue weighted by atomic mass is 16.7. The lowest BCUT2D eigenvalue weighted by Crippen LogP contribution is -2.38. The lowest BCUT2D eigenvalue weighted by molar-refractivity contribution is -0.146. The molecule has 0 unspecified atom stereocenters. The third-order valence-electron chi connectivity index (χ3n) is 1.80. The van der Waals surface area contributed by atoms with Crippen LogP contribution in [0.25, 0.3) is 0 Å². The molecule has 2 N–H and O–H groups in total. The Hall–Kier alpha value is -1.29. The molecule has 0 spiro atoms. The molecule has 0 amide bonds. The van der Waals surface area contributed by atoms with Gasteiger partial charge in [-0.2, -0.15) is 4.73 Å². The van der Waals surface area contributed by atoms with Crippen LogP contribution in [-0.2, 0) is 4.79 Å². The lowest BCUT2D eigenvalue weighted by atomic mass is 10.1. The minimum atomic E-state index is -0.544. The van der Waals surface area contributed by atoms with Crippen molar-refractivity contribution in [3.05, 3.63) is 24.5 Å². The second-order valence-corrected chi connectivity index (χ2v) is 3.69. The number of carbonyl (C=O) groups excluding carboxylic acids is 1. The number of hydrogen-bond donors (Lipinski definition) is 1. The van der Waals surface area contributed by atoms with E-state index in [1.807, 2.05) is 13.8 Å². The van der Waals surface area contributed by atoms with Crippen molar-refractivity contribution in [1.29, 1.82) is 0 Å². The molecule has 4 heteroatoms. The van der Waals surface area contributed by atoms with Crippen LogP contribution in [0, 0.1) is 5.92 Å². The van der Waals surface area contributed by atoms with E-state index in [1.165, 1.54) is 4.73 Å². The summed E-state index contributed by atoms with van der Waals surface area (Å²) >= 11 is 0. The molecule has 0 aliphatic carbocycles. The van der Waals surface area contributed by atoms with Crippen LogP contribution in [0.4, 0.5) is 0 Å². The van der Waals surface area contributed by atoms with E-state index in [0.29, 0.717) is 12.3 Å². The van der Waals surface area contributed by atoms with Gasteiger partial charge in [0.2, 0.25) is 0 Å². The van der Waals surface area contributed by atoms with E-state index in [-0.39, 0.29) is 0 Å². The molecule has 1 atom stereocenters. The standard InChI is InChI=1S/C10H16N2O2/c1-8(2)7-9(11)10(13)14-12-5-3-4-6-12/h3-6,8-9H,7,11H2,1-2H3/t9-/m0/s1. The Kier molecular flexibility index (Phi) is 3.71. The molecular weight excluding hydrogens is 180 g/mol. The van der Waals surface area contributed by atoms with Crippen LogP contribution >= 0.6 is 0 Å². The van der Waals surface area contributed by atoms with Crippen LogP contribution in [0.15, 0.2) is 24.5 Å². The summed E-state index contributed by atoms with van der Waals surface area (Å²) in [6.45, 7) is 4.03. The molecule has 0 radical (unpaired) electrons. The first-order valence-corrected chi connectivity index (χ1v) is 4.70. The number of carbonyl (C=O) groups is 1. The van der Waals surface area contributed by atoms with Crippen molar-refractivity contribution in [2.75, 3.05) is 0 Å². The summed E-state index contributed by atoms with van der Waals surface area (Å²) in [6, 6.07) is 3.01. The molecule has 0 fully saturated rings. The van der Waals surface area contributed by atoms with Crippen LogP contribution < -0.4 is 10.6 Å². The number of nitrogens with two attached hydrogens (primary N) is 1. The summed E-state index contributed by atoms with van der Waals surface area (Å²) in [5.74, 6) is -0.00267. The first-order valence-electron chi connectivity index (χ1n) is 4.70. The molecule has 0 bridgehead atoms. The van der Waals surface area contributed by atoms with Gasteiger partial charge in [-0.1, -0.05) is 13.8 Å². The van der Waals surface area contributed by atoms with Crippen LogP contribution in [0.2, 0.25) is 0 Å². The van der Waals surface area contributed by atoms with Crippen LogP contribution in [-0.4, -0.2) is 16.7 Å². The molecule has 1 aromatic rings. The highest BCUT2D eigenvalue weighted by molar-refractivity contribution is 5.75. The van der Waals surface area contributed by atoms with Gasteiger partial charge in [0, 0.05) is 12.4 Å². The lowest BCUT2D eigenvalue weighted by Gasteiger charge is -2.12. The van der Waals surface area contributed by atoms with E-state index in [1.54, 1.807) is 24.5 Å². The third-order valence-corrected chi connectivity index (χ3v) is 1.80. The summed E-state index contributed by atoms with van der Waals surface area (Å²) in [5, 5.41) is 0. The van der Waals surface area contributed by atoms with Crippen molar-refractivity contribution in [1.82, 2.24) is 4.73 Å². The van der Waals surface area contributed by atoms with Crippen molar-refractivity contribution in [3.8, 4) is 0 Å². The monoisotopic (exact) mass is 196 g/mol. The molecule has 1 heterocycles. The number of aromatic nitrogens is 1. The highest BCUT2D eigenvalue weighted by Crippen LogP contribution is 2.03. The molecular formula is C10H16N2O2. The van der Waals surface area contributed by atoms with Gasteiger partial charge in [-0.3, -0.25) is 0 Å². The van der Waals surface area contributed by atoms with Gasteiger partial charge in [-0.15, -0.1) is 0 Å². The van der Waals surface area contributed by atoms with Crippen molar-refractivity contribution in [2.24, 2.45) is 11.7 Å². The molecule has 78 valence electrons. The Labute approximate surface area is 83.6 Å². The van der Waals surface area contributed by atoms with E-state index in [4.69, 9.17) is 10.6 Å². The van der Waals surface area contributed by atoms with Crippen molar-refractivity contribution < 1.29 is 9.63 Å². The van der Waals surface area contributed by atoms with Gasteiger partial charge in [0.25, 0.3) is 0 Å². The Bertz CT molecular complexity index is 280. The largest absolute Gasteiger partial charge is 0.349 e. The topological polar surface area (TPSA) is 57.3 Å². The smallest absolute Gasteiger partial charge is 0.335 e. The minimum absolute atomic E-state index is 0.391. The minimum Gasteiger partial charge on any atom is -0.335 e. The fraction of sp³-hybridized carbons (Fsp3) is 0.500. The Morgan fingerprint density at radius 3 is 2.50 bits per heavy atom. The predicted octanol–water partition coefficient (Wildman–Crippen LogP) is 0.817. The van der Waals surface area contributed by atoms with Gasteiger partial charge in [0.05, 0.1) is 0 Å². The molecule has 0 aromatic carbocycles. The Morgan fingerprint density at radius 1 is 1.43 bits per heavy atom. The second kappa shape index (κ2) is 4.81. The molecule has 1 aromatic heterocycles. The molecule has 0 saturated heterocycles. The molecule has 14 heavy (non-hydrogen) atoms.